The lowest BCUT2D eigenvalue weighted by Gasteiger charge is -2.38. The van der Waals surface area contributed by atoms with E-state index in [0.29, 0.717) is 18.9 Å². The maximum absolute atomic E-state index is 12.0. The van der Waals surface area contributed by atoms with E-state index in [1.54, 1.807) is 0 Å². The fourth-order valence-corrected chi connectivity index (χ4v) is 6.57. The highest BCUT2D eigenvalue weighted by molar-refractivity contribution is 5.71. The van der Waals surface area contributed by atoms with E-state index in [2.05, 4.69) is 19.1 Å². The molecule has 0 saturated heterocycles. The first-order valence-corrected chi connectivity index (χ1v) is 15.9. The van der Waals surface area contributed by atoms with Gasteiger partial charge in [-0.25, -0.2) is 0 Å². The molecule has 0 aliphatic heterocycles. The second kappa shape index (κ2) is 16.0. The standard InChI is InChI=1S/C34H56O5/c1-5-6-7-8-26-9-11-27(12-10-26)28-13-15-29(16-14-28)30-17-18-32(39-24-34(4,22-35)23-36)31(21-30)19-20-38-33(37)25(2)3/h17-18,21,25-29,35-36H,5-16,19-20,22-24H2,1-4H3. The second-order valence-electron chi connectivity index (χ2n) is 13.2. The molecule has 0 atom stereocenters. The molecule has 2 fully saturated rings. The summed E-state index contributed by atoms with van der Waals surface area (Å²) < 4.78 is 11.6. The Hall–Kier alpha value is -1.59. The minimum absolute atomic E-state index is 0.145. The van der Waals surface area contributed by atoms with Crippen LogP contribution < -0.4 is 4.74 Å². The zero-order chi connectivity index (χ0) is 28.3. The largest absolute Gasteiger partial charge is 0.493 e. The predicted octanol–water partition coefficient (Wildman–Crippen LogP) is 7.46. The van der Waals surface area contributed by atoms with Crippen molar-refractivity contribution in [3.8, 4) is 5.75 Å². The molecule has 1 aromatic rings. The molecule has 39 heavy (non-hydrogen) atoms. The number of carbonyl (C=O) groups is 1. The first-order valence-electron chi connectivity index (χ1n) is 15.9. The summed E-state index contributed by atoms with van der Waals surface area (Å²) in [7, 11) is 0. The van der Waals surface area contributed by atoms with Crippen LogP contribution in [-0.2, 0) is 16.0 Å². The molecule has 0 heterocycles. The number of hydrogen-bond acceptors (Lipinski definition) is 5. The summed E-state index contributed by atoms with van der Waals surface area (Å²) in [5, 5.41) is 19.4. The molecule has 222 valence electrons. The van der Waals surface area contributed by atoms with Gasteiger partial charge in [0.25, 0.3) is 0 Å². The molecule has 0 spiro atoms. The van der Waals surface area contributed by atoms with Gasteiger partial charge < -0.3 is 19.7 Å². The van der Waals surface area contributed by atoms with E-state index in [9.17, 15) is 15.0 Å². The molecule has 5 heteroatoms. The van der Waals surface area contributed by atoms with E-state index in [4.69, 9.17) is 9.47 Å². The van der Waals surface area contributed by atoms with Crippen molar-refractivity contribution in [1.82, 2.24) is 0 Å². The third-order valence-electron chi connectivity index (χ3n) is 9.53. The van der Waals surface area contributed by atoms with Crippen LogP contribution in [0.5, 0.6) is 5.75 Å². The van der Waals surface area contributed by atoms with Crippen molar-refractivity contribution in [2.75, 3.05) is 26.4 Å². The van der Waals surface area contributed by atoms with Crippen molar-refractivity contribution in [2.45, 2.75) is 117 Å². The van der Waals surface area contributed by atoms with Crippen molar-refractivity contribution in [3.63, 3.8) is 0 Å². The van der Waals surface area contributed by atoms with Crippen molar-refractivity contribution in [1.29, 1.82) is 0 Å². The number of aliphatic hydroxyl groups is 2. The smallest absolute Gasteiger partial charge is 0.308 e. The van der Waals surface area contributed by atoms with Gasteiger partial charge in [0.15, 0.2) is 0 Å². The first-order chi connectivity index (χ1) is 18.8. The van der Waals surface area contributed by atoms with Crippen LogP contribution in [-0.4, -0.2) is 42.6 Å². The third kappa shape index (κ3) is 9.78. The Morgan fingerprint density at radius 1 is 0.974 bits per heavy atom. The number of esters is 1. The first kappa shape index (κ1) is 31.9. The summed E-state index contributed by atoms with van der Waals surface area (Å²) in [4.78, 5) is 12.0. The van der Waals surface area contributed by atoms with Gasteiger partial charge in [-0.2, -0.15) is 0 Å². The molecular formula is C34H56O5. The number of aliphatic hydroxyl groups excluding tert-OH is 2. The van der Waals surface area contributed by atoms with Crippen molar-refractivity contribution in [3.05, 3.63) is 29.3 Å². The van der Waals surface area contributed by atoms with Gasteiger partial charge in [-0.1, -0.05) is 78.4 Å². The van der Waals surface area contributed by atoms with Gasteiger partial charge in [0, 0.05) is 11.8 Å². The Balaban J connectivity index is 1.58. The van der Waals surface area contributed by atoms with E-state index in [1.165, 1.54) is 82.6 Å². The van der Waals surface area contributed by atoms with Gasteiger partial charge in [0.2, 0.25) is 0 Å². The Labute approximate surface area is 238 Å². The normalized spacial score (nSPS) is 24.1. The Bertz CT molecular complexity index is 845. The van der Waals surface area contributed by atoms with Gasteiger partial charge in [0.05, 0.1) is 32.3 Å². The number of ether oxygens (including phenoxy) is 2. The van der Waals surface area contributed by atoms with Crippen molar-refractivity contribution in [2.24, 2.45) is 29.1 Å². The van der Waals surface area contributed by atoms with Crippen LogP contribution in [0.4, 0.5) is 0 Å². The van der Waals surface area contributed by atoms with Gasteiger partial charge >= 0.3 is 5.97 Å². The van der Waals surface area contributed by atoms with E-state index < -0.39 is 5.41 Å². The molecule has 0 unspecified atom stereocenters. The van der Waals surface area contributed by atoms with Crippen LogP contribution in [0.3, 0.4) is 0 Å². The second-order valence-corrected chi connectivity index (χ2v) is 13.2. The summed E-state index contributed by atoms with van der Waals surface area (Å²) in [5.74, 6) is 3.79. The summed E-state index contributed by atoms with van der Waals surface area (Å²) in [5.41, 5.74) is 1.69. The van der Waals surface area contributed by atoms with Crippen LogP contribution in [0.2, 0.25) is 0 Å². The maximum Gasteiger partial charge on any atom is 0.308 e. The monoisotopic (exact) mass is 544 g/mol. The third-order valence-corrected chi connectivity index (χ3v) is 9.53. The molecular weight excluding hydrogens is 488 g/mol. The molecule has 0 bridgehead atoms. The summed E-state index contributed by atoms with van der Waals surface area (Å²) in [6, 6.07) is 6.48. The van der Waals surface area contributed by atoms with Crippen molar-refractivity contribution < 1.29 is 24.5 Å². The van der Waals surface area contributed by atoms with E-state index in [1.807, 2.05) is 26.8 Å². The quantitative estimate of drug-likeness (QED) is 0.177. The van der Waals surface area contributed by atoms with Gasteiger partial charge in [-0.15, -0.1) is 0 Å². The lowest BCUT2D eigenvalue weighted by atomic mass is 9.68. The zero-order valence-electron chi connectivity index (χ0n) is 25.3. The minimum atomic E-state index is -0.701. The molecule has 2 N–H and O–H groups in total. The molecule has 5 nitrogen and oxygen atoms in total. The molecule has 2 aliphatic carbocycles. The predicted molar refractivity (Wildman–Crippen MR) is 158 cm³/mol. The van der Waals surface area contributed by atoms with E-state index in [0.717, 1.165) is 29.1 Å². The average molecular weight is 545 g/mol. The number of benzene rings is 1. The lowest BCUT2D eigenvalue weighted by Crippen LogP contribution is -2.33. The Morgan fingerprint density at radius 3 is 2.21 bits per heavy atom. The van der Waals surface area contributed by atoms with Crippen LogP contribution in [0.25, 0.3) is 0 Å². The molecule has 0 amide bonds. The summed E-state index contributed by atoms with van der Waals surface area (Å²) in [6.45, 7) is 8.05. The van der Waals surface area contributed by atoms with Gasteiger partial charge in [-0.3, -0.25) is 4.79 Å². The van der Waals surface area contributed by atoms with E-state index >= 15 is 0 Å². The van der Waals surface area contributed by atoms with Crippen LogP contribution in [0, 0.1) is 29.1 Å². The molecule has 0 aromatic heterocycles. The highest BCUT2D eigenvalue weighted by Gasteiger charge is 2.31. The molecule has 1 aromatic carbocycles. The zero-order valence-corrected chi connectivity index (χ0v) is 25.3. The topological polar surface area (TPSA) is 76.0 Å². The lowest BCUT2D eigenvalue weighted by molar-refractivity contribution is -0.147. The number of carbonyl (C=O) groups excluding carboxylic acids is 1. The summed E-state index contributed by atoms with van der Waals surface area (Å²) in [6.07, 6.45) is 17.1. The maximum atomic E-state index is 12.0. The van der Waals surface area contributed by atoms with Crippen LogP contribution >= 0.6 is 0 Å². The number of hydrogen-bond donors (Lipinski definition) is 2. The SMILES string of the molecule is CCCCCC1CCC(C2CCC(c3ccc(OCC(C)(CO)CO)c(CCOC(=O)C(C)C)c3)CC2)CC1. The highest BCUT2D eigenvalue weighted by Crippen LogP contribution is 2.45. The molecule has 2 saturated carbocycles. The van der Waals surface area contributed by atoms with Crippen LogP contribution in [0.15, 0.2) is 18.2 Å². The highest BCUT2D eigenvalue weighted by atomic mass is 16.5. The van der Waals surface area contributed by atoms with Gasteiger partial charge in [0.1, 0.15) is 5.75 Å². The minimum Gasteiger partial charge on any atom is -0.493 e. The fourth-order valence-electron chi connectivity index (χ4n) is 6.57. The molecule has 0 radical (unpaired) electrons. The number of unbranched alkanes of at least 4 members (excludes halogenated alkanes) is 2. The molecule has 3 rings (SSSR count). The molecule has 2 aliphatic rings. The Kier molecular flexibility index (Phi) is 13.1. The summed E-state index contributed by atoms with van der Waals surface area (Å²) >= 11 is 0. The average Bonchev–Trinajstić information content (AvgIpc) is 2.96. The van der Waals surface area contributed by atoms with E-state index in [-0.39, 0.29) is 31.7 Å². The van der Waals surface area contributed by atoms with Gasteiger partial charge in [-0.05, 0) is 79.4 Å². The van der Waals surface area contributed by atoms with Crippen LogP contribution in [0.1, 0.15) is 122 Å². The number of rotatable bonds is 15. The Morgan fingerprint density at radius 2 is 1.62 bits per heavy atom. The fraction of sp³-hybridized carbons (Fsp3) is 0.794. The van der Waals surface area contributed by atoms with Crippen molar-refractivity contribution >= 4 is 5.97 Å².